The zero-order valence-electron chi connectivity index (χ0n) is 17.0. The molecule has 0 atom stereocenters. The summed E-state index contributed by atoms with van der Waals surface area (Å²) in [5.74, 6) is 0.605. The summed E-state index contributed by atoms with van der Waals surface area (Å²) in [6.45, 7) is 0.412. The Morgan fingerprint density at radius 1 is 1.07 bits per heavy atom. The summed E-state index contributed by atoms with van der Waals surface area (Å²) in [7, 11) is 4.58. The molecule has 9 nitrogen and oxygen atoms in total. The quantitative estimate of drug-likeness (QED) is 0.518. The van der Waals surface area contributed by atoms with Crippen LogP contribution in [-0.4, -0.2) is 43.0 Å². The van der Waals surface area contributed by atoms with Crippen LogP contribution >= 0.6 is 11.3 Å². The van der Waals surface area contributed by atoms with Crippen LogP contribution in [0.3, 0.4) is 0 Å². The molecule has 1 amide bonds. The number of thiophene rings is 1. The summed E-state index contributed by atoms with van der Waals surface area (Å²) >= 11 is 1.24. The molecule has 0 aliphatic carbocycles. The van der Waals surface area contributed by atoms with Crippen LogP contribution in [0.1, 0.15) is 6.42 Å². The Balaban J connectivity index is 1.89. The van der Waals surface area contributed by atoms with Crippen molar-refractivity contribution in [1.82, 2.24) is 9.13 Å². The number of hydrogen-bond acceptors (Lipinski definition) is 7. The SMILES string of the molecule is COCCCn1c(=O)c2sccc2n(CC(=O)Nc2ccc(OC)c(OC)c2)c1=O. The number of carbonyl (C=O) groups is 1. The molecule has 0 aliphatic rings. The van der Waals surface area contributed by atoms with Crippen molar-refractivity contribution in [2.75, 3.05) is 33.3 Å². The van der Waals surface area contributed by atoms with E-state index in [1.165, 1.54) is 30.1 Å². The third kappa shape index (κ3) is 4.39. The van der Waals surface area contributed by atoms with Gasteiger partial charge in [0.15, 0.2) is 11.5 Å². The molecule has 0 spiro atoms. The molecule has 30 heavy (non-hydrogen) atoms. The molecular weight excluding hydrogens is 410 g/mol. The number of fused-ring (bicyclic) bond motifs is 1. The zero-order valence-corrected chi connectivity index (χ0v) is 17.8. The fourth-order valence-corrected chi connectivity index (χ4v) is 3.95. The van der Waals surface area contributed by atoms with Crippen LogP contribution in [0.15, 0.2) is 39.2 Å². The maximum atomic E-state index is 12.9. The third-order valence-corrected chi connectivity index (χ3v) is 5.43. The number of hydrogen-bond donors (Lipinski definition) is 1. The lowest BCUT2D eigenvalue weighted by molar-refractivity contribution is -0.116. The summed E-state index contributed by atoms with van der Waals surface area (Å²) < 4.78 is 18.3. The van der Waals surface area contributed by atoms with Gasteiger partial charge < -0.3 is 19.5 Å². The van der Waals surface area contributed by atoms with Crippen LogP contribution in [-0.2, 0) is 22.6 Å². The molecule has 10 heteroatoms. The van der Waals surface area contributed by atoms with Crippen molar-refractivity contribution in [3.05, 3.63) is 50.5 Å². The van der Waals surface area contributed by atoms with Crippen LogP contribution in [0.2, 0.25) is 0 Å². The molecule has 0 fully saturated rings. The van der Waals surface area contributed by atoms with Gasteiger partial charge >= 0.3 is 5.69 Å². The number of aromatic nitrogens is 2. The van der Waals surface area contributed by atoms with Crippen LogP contribution in [0.5, 0.6) is 11.5 Å². The van der Waals surface area contributed by atoms with E-state index in [2.05, 4.69) is 5.32 Å². The van der Waals surface area contributed by atoms with Gasteiger partial charge in [0.05, 0.1) is 19.7 Å². The van der Waals surface area contributed by atoms with Crippen molar-refractivity contribution in [2.45, 2.75) is 19.5 Å². The number of amides is 1. The first kappa shape index (κ1) is 21.6. The van der Waals surface area contributed by atoms with Crippen LogP contribution in [0.4, 0.5) is 5.69 Å². The Morgan fingerprint density at radius 3 is 2.53 bits per heavy atom. The second-order valence-electron chi connectivity index (χ2n) is 6.42. The first-order valence-electron chi connectivity index (χ1n) is 9.21. The molecule has 1 aromatic carbocycles. The van der Waals surface area contributed by atoms with Crippen LogP contribution in [0, 0.1) is 0 Å². The van der Waals surface area contributed by atoms with E-state index in [1.807, 2.05) is 0 Å². The lowest BCUT2D eigenvalue weighted by Crippen LogP contribution is -2.41. The average molecular weight is 433 g/mol. The van der Waals surface area contributed by atoms with Gasteiger partial charge in [0.2, 0.25) is 5.91 Å². The molecule has 1 N–H and O–H groups in total. The first-order valence-corrected chi connectivity index (χ1v) is 10.1. The van der Waals surface area contributed by atoms with Crippen molar-refractivity contribution in [1.29, 1.82) is 0 Å². The maximum Gasteiger partial charge on any atom is 0.332 e. The normalized spacial score (nSPS) is 10.9. The highest BCUT2D eigenvalue weighted by Crippen LogP contribution is 2.29. The van der Waals surface area contributed by atoms with Gasteiger partial charge in [-0.3, -0.25) is 18.7 Å². The van der Waals surface area contributed by atoms with E-state index < -0.39 is 11.6 Å². The van der Waals surface area contributed by atoms with E-state index in [1.54, 1.807) is 36.8 Å². The van der Waals surface area contributed by atoms with E-state index in [4.69, 9.17) is 14.2 Å². The summed E-state index contributed by atoms with van der Waals surface area (Å²) in [5.41, 5.74) is 0.0725. The molecule has 0 saturated carbocycles. The number of nitrogens with zero attached hydrogens (tertiary/aromatic N) is 2. The van der Waals surface area contributed by atoms with Crippen molar-refractivity contribution >= 4 is 33.1 Å². The van der Waals surface area contributed by atoms with Crippen LogP contribution < -0.4 is 26.0 Å². The summed E-state index contributed by atoms with van der Waals surface area (Å²) in [6.07, 6.45) is 0.514. The largest absolute Gasteiger partial charge is 0.493 e. The van der Waals surface area contributed by atoms with Crippen LogP contribution in [0.25, 0.3) is 10.2 Å². The van der Waals surface area contributed by atoms with Gasteiger partial charge in [0.25, 0.3) is 5.56 Å². The summed E-state index contributed by atoms with van der Waals surface area (Å²) in [6, 6.07) is 6.65. The maximum absolute atomic E-state index is 12.9. The number of methoxy groups -OCH3 is 3. The minimum Gasteiger partial charge on any atom is -0.493 e. The standard InChI is InChI=1S/C20H23N3O6S/c1-27-9-4-8-22-19(25)18-14(7-10-30-18)23(20(22)26)12-17(24)21-13-5-6-15(28-2)16(11-13)29-3/h5-7,10-11H,4,8-9,12H2,1-3H3,(H,21,24). The third-order valence-electron chi connectivity index (χ3n) is 4.54. The molecule has 0 unspecified atom stereocenters. The minimum atomic E-state index is -0.524. The molecule has 0 saturated heterocycles. The molecule has 3 aromatic rings. The number of anilines is 1. The Labute approximate surface area is 176 Å². The Kier molecular flexibility index (Phi) is 6.91. The smallest absolute Gasteiger partial charge is 0.332 e. The highest BCUT2D eigenvalue weighted by atomic mass is 32.1. The van der Waals surface area contributed by atoms with Crippen molar-refractivity contribution < 1.29 is 19.0 Å². The number of carbonyl (C=O) groups excluding carboxylic acids is 1. The predicted octanol–water partition coefficient (Wildman–Crippen LogP) is 1.92. The zero-order chi connectivity index (χ0) is 21.7. The summed E-state index contributed by atoms with van der Waals surface area (Å²) in [4.78, 5) is 38.3. The van der Waals surface area contributed by atoms with Gasteiger partial charge in [0.1, 0.15) is 11.2 Å². The number of ether oxygens (including phenoxy) is 3. The molecule has 160 valence electrons. The minimum absolute atomic E-state index is 0.219. The van der Waals surface area contributed by atoms with E-state index in [-0.39, 0.29) is 18.6 Å². The van der Waals surface area contributed by atoms with E-state index in [0.717, 1.165) is 4.57 Å². The van der Waals surface area contributed by atoms with Crippen molar-refractivity contribution in [3.63, 3.8) is 0 Å². The molecular formula is C20H23N3O6S. The summed E-state index contributed by atoms with van der Waals surface area (Å²) in [5, 5.41) is 4.48. The Morgan fingerprint density at radius 2 is 1.83 bits per heavy atom. The molecule has 2 heterocycles. The highest BCUT2D eigenvalue weighted by molar-refractivity contribution is 7.17. The van der Waals surface area contributed by atoms with Gasteiger partial charge in [-0.2, -0.15) is 0 Å². The average Bonchev–Trinajstić information content (AvgIpc) is 3.23. The van der Waals surface area contributed by atoms with Crippen molar-refractivity contribution in [3.8, 4) is 11.5 Å². The monoisotopic (exact) mass is 433 g/mol. The Bertz CT molecular complexity index is 1160. The molecule has 0 bridgehead atoms. The topological polar surface area (TPSA) is 101 Å². The van der Waals surface area contributed by atoms with Gasteiger partial charge in [-0.1, -0.05) is 0 Å². The van der Waals surface area contributed by atoms with Gasteiger partial charge in [-0.25, -0.2) is 4.79 Å². The van der Waals surface area contributed by atoms with Gasteiger partial charge in [-0.05, 0) is 30.0 Å². The fourth-order valence-electron chi connectivity index (χ4n) is 3.11. The van der Waals surface area contributed by atoms with Crippen molar-refractivity contribution in [2.24, 2.45) is 0 Å². The Hall–Kier alpha value is -3.11. The lowest BCUT2D eigenvalue weighted by Gasteiger charge is -2.13. The van der Waals surface area contributed by atoms with Gasteiger partial charge in [-0.15, -0.1) is 11.3 Å². The van der Waals surface area contributed by atoms with E-state index >= 15 is 0 Å². The fraction of sp³-hybridized carbons (Fsp3) is 0.350. The lowest BCUT2D eigenvalue weighted by atomic mass is 10.2. The predicted molar refractivity (Wildman–Crippen MR) is 115 cm³/mol. The first-order chi connectivity index (χ1) is 14.5. The van der Waals surface area contributed by atoms with E-state index in [0.29, 0.717) is 40.4 Å². The molecule has 0 aliphatic heterocycles. The second kappa shape index (κ2) is 9.59. The van der Waals surface area contributed by atoms with Gasteiger partial charge in [0, 0.05) is 32.0 Å². The molecule has 2 aromatic heterocycles. The molecule has 0 radical (unpaired) electrons. The number of nitrogens with one attached hydrogen (secondary N) is 1. The second-order valence-corrected chi connectivity index (χ2v) is 7.34. The molecule has 3 rings (SSSR count). The number of rotatable bonds is 9. The number of benzene rings is 1. The highest BCUT2D eigenvalue weighted by Gasteiger charge is 2.17. The van der Waals surface area contributed by atoms with E-state index in [9.17, 15) is 14.4 Å².